The highest BCUT2D eigenvalue weighted by Gasteiger charge is 2.27. The van der Waals surface area contributed by atoms with Gasteiger partial charge in [-0.1, -0.05) is 27.6 Å². The molecule has 4 heteroatoms. The van der Waals surface area contributed by atoms with Crippen LogP contribution in [-0.2, 0) is 6.42 Å². The molecule has 1 aliphatic rings. The van der Waals surface area contributed by atoms with Crippen LogP contribution in [0.3, 0.4) is 0 Å². The van der Waals surface area contributed by atoms with Gasteiger partial charge in [0, 0.05) is 33.2 Å². The van der Waals surface area contributed by atoms with Gasteiger partial charge in [0.25, 0.3) is 0 Å². The van der Waals surface area contributed by atoms with E-state index in [1.165, 1.54) is 27.7 Å². The van der Waals surface area contributed by atoms with Crippen molar-refractivity contribution in [3.05, 3.63) is 63.3 Å². The fourth-order valence-corrected chi connectivity index (χ4v) is 3.92. The minimum atomic E-state index is 0.124. The highest BCUT2D eigenvalue weighted by molar-refractivity contribution is 9.10. The Bertz CT molecular complexity index is 884. The first-order valence-electron chi connectivity index (χ1n) is 7.85. The molecule has 2 aromatic carbocycles. The smallest absolute Gasteiger partial charge is 0.124 e. The molecular weight excluding hydrogens is 352 g/mol. The standard InChI is InChI=1S/C19H19BrN2O/c1-11-3-5-16-14(9-11)13-7-8-21-18(19(13)22-16)15-10-12(20)4-6-17(15)23-2/h3-6,9-10,18,21-22H,7-8H2,1-2H3. The summed E-state index contributed by atoms with van der Waals surface area (Å²) in [6.45, 7) is 3.11. The quantitative estimate of drug-likeness (QED) is 0.697. The molecule has 0 saturated carbocycles. The van der Waals surface area contributed by atoms with Gasteiger partial charge in [0.1, 0.15) is 5.75 Å². The fraction of sp³-hybridized carbons (Fsp3) is 0.263. The minimum Gasteiger partial charge on any atom is -0.496 e. The van der Waals surface area contributed by atoms with E-state index in [4.69, 9.17) is 4.74 Å². The van der Waals surface area contributed by atoms with Gasteiger partial charge in [-0.2, -0.15) is 0 Å². The van der Waals surface area contributed by atoms with Crippen molar-refractivity contribution in [3.8, 4) is 5.75 Å². The predicted octanol–water partition coefficient (Wildman–Crippen LogP) is 4.48. The number of halogens is 1. The van der Waals surface area contributed by atoms with Crippen molar-refractivity contribution >= 4 is 26.8 Å². The van der Waals surface area contributed by atoms with Gasteiger partial charge in [-0.05, 0) is 49.2 Å². The first kappa shape index (κ1) is 14.8. The highest BCUT2D eigenvalue weighted by Crippen LogP contribution is 2.38. The normalized spacial score (nSPS) is 17.3. The number of ether oxygens (including phenoxy) is 1. The Kier molecular flexibility index (Phi) is 3.66. The van der Waals surface area contributed by atoms with Gasteiger partial charge in [0.2, 0.25) is 0 Å². The van der Waals surface area contributed by atoms with Crippen molar-refractivity contribution in [2.24, 2.45) is 0 Å². The van der Waals surface area contributed by atoms with E-state index in [1.54, 1.807) is 7.11 Å². The van der Waals surface area contributed by atoms with E-state index in [0.29, 0.717) is 0 Å². The molecule has 3 nitrogen and oxygen atoms in total. The Morgan fingerprint density at radius 2 is 2.04 bits per heavy atom. The summed E-state index contributed by atoms with van der Waals surface area (Å²) >= 11 is 3.58. The van der Waals surface area contributed by atoms with Gasteiger partial charge in [-0.25, -0.2) is 0 Å². The number of aromatic nitrogens is 1. The fourth-order valence-electron chi connectivity index (χ4n) is 3.54. The Morgan fingerprint density at radius 1 is 1.17 bits per heavy atom. The maximum absolute atomic E-state index is 5.59. The van der Waals surface area contributed by atoms with Crippen molar-refractivity contribution in [2.75, 3.05) is 13.7 Å². The molecule has 0 aliphatic carbocycles. The van der Waals surface area contributed by atoms with Crippen molar-refractivity contribution in [1.29, 1.82) is 0 Å². The maximum Gasteiger partial charge on any atom is 0.124 e. The van der Waals surface area contributed by atoms with Gasteiger partial charge >= 0.3 is 0 Å². The van der Waals surface area contributed by atoms with Crippen molar-refractivity contribution in [1.82, 2.24) is 10.3 Å². The average molecular weight is 371 g/mol. The summed E-state index contributed by atoms with van der Waals surface area (Å²) in [7, 11) is 1.73. The largest absolute Gasteiger partial charge is 0.496 e. The molecule has 1 atom stereocenters. The molecule has 2 N–H and O–H groups in total. The number of H-pyrrole nitrogens is 1. The van der Waals surface area contributed by atoms with Gasteiger partial charge in [-0.3, -0.25) is 0 Å². The molecule has 1 aliphatic heterocycles. The number of methoxy groups -OCH3 is 1. The molecule has 2 heterocycles. The van der Waals surface area contributed by atoms with Crippen LogP contribution in [0.2, 0.25) is 0 Å². The third-order valence-corrected chi connectivity index (χ3v) is 5.10. The van der Waals surface area contributed by atoms with Crippen LogP contribution in [-0.4, -0.2) is 18.6 Å². The molecule has 1 unspecified atom stereocenters. The number of aromatic amines is 1. The Labute approximate surface area is 144 Å². The molecule has 1 aromatic heterocycles. The minimum absolute atomic E-state index is 0.124. The summed E-state index contributed by atoms with van der Waals surface area (Å²) < 4.78 is 6.65. The molecule has 0 radical (unpaired) electrons. The third kappa shape index (κ3) is 2.46. The van der Waals surface area contributed by atoms with Crippen molar-refractivity contribution in [2.45, 2.75) is 19.4 Å². The van der Waals surface area contributed by atoms with Crippen LogP contribution < -0.4 is 10.1 Å². The lowest BCUT2D eigenvalue weighted by Crippen LogP contribution is -2.30. The first-order valence-corrected chi connectivity index (χ1v) is 8.64. The van der Waals surface area contributed by atoms with E-state index in [2.05, 4.69) is 57.4 Å². The lowest BCUT2D eigenvalue weighted by Gasteiger charge is -2.26. The molecule has 0 amide bonds. The summed E-state index contributed by atoms with van der Waals surface area (Å²) in [6, 6.07) is 12.9. The molecule has 3 aromatic rings. The van der Waals surface area contributed by atoms with E-state index in [9.17, 15) is 0 Å². The maximum atomic E-state index is 5.59. The van der Waals surface area contributed by atoms with E-state index < -0.39 is 0 Å². The second-order valence-corrected chi connectivity index (χ2v) is 7.01. The zero-order chi connectivity index (χ0) is 16.0. The van der Waals surface area contributed by atoms with E-state index >= 15 is 0 Å². The van der Waals surface area contributed by atoms with E-state index in [1.807, 2.05) is 12.1 Å². The summed E-state index contributed by atoms with van der Waals surface area (Å²) in [5.74, 6) is 0.911. The lowest BCUT2D eigenvalue weighted by molar-refractivity contribution is 0.402. The summed E-state index contributed by atoms with van der Waals surface area (Å²) in [5.41, 5.74) is 6.35. The number of rotatable bonds is 2. The first-order chi connectivity index (χ1) is 11.2. The van der Waals surface area contributed by atoms with Gasteiger partial charge in [0.15, 0.2) is 0 Å². The number of benzene rings is 2. The third-order valence-electron chi connectivity index (χ3n) is 4.61. The van der Waals surface area contributed by atoms with Crippen molar-refractivity contribution in [3.63, 3.8) is 0 Å². The molecule has 118 valence electrons. The number of hydrogen-bond donors (Lipinski definition) is 2. The average Bonchev–Trinajstić information content (AvgIpc) is 2.92. The molecule has 0 bridgehead atoms. The molecule has 0 spiro atoms. The van der Waals surface area contributed by atoms with E-state index in [-0.39, 0.29) is 6.04 Å². The number of hydrogen-bond acceptors (Lipinski definition) is 2. The van der Waals surface area contributed by atoms with Crippen LogP contribution in [0.5, 0.6) is 5.75 Å². The molecule has 0 fully saturated rings. The summed E-state index contributed by atoms with van der Waals surface area (Å²) in [6.07, 6.45) is 1.05. The second-order valence-electron chi connectivity index (χ2n) is 6.09. The monoisotopic (exact) mass is 370 g/mol. The molecule has 0 saturated heterocycles. The highest BCUT2D eigenvalue weighted by atomic mass is 79.9. The zero-order valence-electron chi connectivity index (χ0n) is 13.2. The van der Waals surface area contributed by atoms with Crippen LogP contribution in [0.15, 0.2) is 40.9 Å². The van der Waals surface area contributed by atoms with Gasteiger partial charge in [0.05, 0.1) is 13.2 Å². The van der Waals surface area contributed by atoms with Crippen LogP contribution >= 0.6 is 15.9 Å². The van der Waals surface area contributed by atoms with Crippen LogP contribution in [0, 0.1) is 6.92 Å². The molecule has 23 heavy (non-hydrogen) atoms. The molecule has 4 rings (SSSR count). The van der Waals surface area contributed by atoms with Crippen LogP contribution in [0.25, 0.3) is 10.9 Å². The van der Waals surface area contributed by atoms with E-state index in [0.717, 1.165) is 28.8 Å². The predicted molar refractivity (Wildman–Crippen MR) is 97.3 cm³/mol. The lowest BCUT2D eigenvalue weighted by atomic mass is 9.93. The van der Waals surface area contributed by atoms with Gasteiger partial charge < -0.3 is 15.0 Å². The number of nitrogens with one attached hydrogen (secondary N) is 2. The topological polar surface area (TPSA) is 37.0 Å². The number of fused-ring (bicyclic) bond motifs is 3. The summed E-state index contributed by atoms with van der Waals surface area (Å²) in [5, 5.41) is 4.98. The SMILES string of the molecule is COc1ccc(Br)cc1C1NCCc2c1[nH]c1ccc(C)cc21. The van der Waals surface area contributed by atoms with Gasteiger partial charge in [-0.15, -0.1) is 0 Å². The summed E-state index contributed by atoms with van der Waals surface area (Å²) in [4.78, 5) is 3.63. The Hall–Kier alpha value is -1.78. The Balaban J connectivity index is 1.91. The van der Waals surface area contributed by atoms with Crippen molar-refractivity contribution < 1.29 is 4.74 Å². The number of aryl methyl sites for hydroxylation is 1. The van der Waals surface area contributed by atoms with Crippen LogP contribution in [0.1, 0.15) is 28.4 Å². The van der Waals surface area contributed by atoms with Crippen LogP contribution in [0.4, 0.5) is 0 Å². The zero-order valence-corrected chi connectivity index (χ0v) is 14.8. The Morgan fingerprint density at radius 3 is 2.87 bits per heavy atom. The second kappa shape index (κ2) is 5.69. The molecular formula is C19H19BrN2O.